The van der Waals surface area contributed by atoms with Gasteiger partial charge in [-0.25, -0.2) is 4.79 Å². The SMILES string of the molecule is CCCCOC(=O)OC1CCCCCCC1. The fourth-order valence-electron chi connectivity index (χ4n) is 2.01. The van der Waals surface area contributed by atoms with Gasteiger partial charge in [0.2, 0.25) is 0 Å². The Balaban J connectivity index is 2.14. The molecule has 0 radical (unpaired) electrons. The number of carbonyl (C=O) groups excluding carboxylic acids is 1. The van der Waals surface area contributed by atoms with Crippen LogP contribution in [0.1, 0.15) is 64.7 Å². The first-order valence-electron chi connectivity index (χ1n) is 6.66. The summed E-state index contributed by atoms with van der Waals surface area (Å²) in [5, 5.41) is 0. The smallest absolute Gasteiger partial charge is 0.434 e. The molecule has 1 saturated carbocycles. The molecule has 1 rings (SSSR count). The van der Waals surface area contributed by atoms with Gasteiger partial charge in [0, 0.05) is 0 Å². The van der Waals surface area contributed by atoms with E-state index in [1.807, 2.05) is 0 Å². The van der Waals surface area contributed by atoms with E-state index >= 15 is 0 Å². The molecule has 1 aliphatic rings. The van der Waals surface area contributed by atoms with Gasteiger partial charge >= 0.3 is 6.16 Å². The molecule has 0 aromatic heterocycles. The molecule has 0 saturated heterocycles. The lowest BCUT2D eigenvalue weighted by Crippen LogP contribution is -2.20. The predicted octanol–water partition coefficient (Wildman–Crippen LogP) is 4.05. The molecule has 0 aromatic carbocycles. The number of hydrogen-bond donors (Lipinski definition) is 0. The van der Waals surface area contributed by atoms with Crippen LogP contribution in [0.15, 0.2) is 0 Å². The van der Waals surface area contributed by atoms with Crippen LogP contribution < -0.4 is 0 Å². The molecule has 3 nitrogen and oxygen atoms in total. The molecule has 3 heteroatoms. The average molecular weight is 228 g/mol. The van der Waals surface area contributed by atoms with Crippen molar-refractivity contribution in [2.75, 3.05) is 6.61 Å². The lowest BCUT2D eigenvalue weighted by atomic mass is 9.99. The van der Waals surface area contributed by atoms with Crippen molar-refractivity contribution >= 4 is 6.16 Å². The molecule has 16 heavy (non-hydrogen) atoms. The predicted molar refractivity (Wildman–Crippen MR) is 63.4 cm³/mol. The maximum absolute atomic E-state index is 11.3. The van der Waals surface area contributed by atoms with Crippen LogP contribution in [-0.4, -0.2) is 18.9 Å². The van der Waals surface area contributed by atoms with Crippen LogP contribution in [0.4, 0.5) is 4.79 Å². The number of rotatable bonds is 4. The fourth-order valence-corrected chi connectivity index (χ4v) is 2.01. The highest BCUT2D eigenvalue weighted by molar-refractivity contribution is 5.60. The molecule has 0 unspecified atom stereocenters. The Morgan fingerprint density at radius 3 is 2.38 bits per heavy atom. The van der Waals surface area contributed by atoms with Crippen LogP contribution in [0, 0.1) is 0 Å². The van der Waals surface area contributed by atoms with Gasteiger partial charge in [-0.2, -0.15) is 0 Å². The second kappa shape index (κ2) is 8.43. The summed E-state index contributed by atoms with van der Waals surface area (Å²) in [6, 6.07) is 0. The van der Waals surface area contributed by atoms with Gasteiger partial charge in [-0.1, -0.05) is 32.6 Å². The van der Waals surface area contributed by atoms with Crippen LogP contribution in [0.25, 0.3) is 0 Å². The highest BCUT2D eigenvalue weighted by atomic mass is 16.7. The summed E-state index contributed by atoms with van der Waals surface area (Å²) < 4.78 is 10.3. The minimum atomic E-state index is -0.473. The highest BCUT2D eigenvalue weighted by Crippen LogP contribution is 2.19. The molecular weight excluding hydrogens is 204 g/mol. The molecular formula is C13H24O3. The Morgan fingerprint density at radius 2 is 1.75 bits per heavy atom. The van der Waals surface area contributed by atoms with Crippen molar-refractivity contribution in [2.24, 2.45) is 0 Å². The summed E-state index contributed by atoms with van der Waals surface area (Å²) in [6.45, 7) is 2.56. The van der Waals surface area contributed by atoms with Gasteiger partial charge in [0.15, 0.2) is 0 Å². The number of hydrogen-bond acceptors (Lipinski definition) is 3. The molecule has 0 atom stereocenters. The molecule has 0 bridgehead atoms. The van der Waals surface area contributed by atoms with Crippen molar-refractivity contribution in [3.8, 4) is 0 Å². The Bertz CT molecular complexity index is 184. The van der Waals surface area contributed by atoms with Crippen LogP contribution in [-0.2, 0) is 9.47 Å². The maximum atomic E-state index is 11.3. The second-order valence-electron chi connectivity index (χ2n) is 4.54. The molecule has 0 heterocycles. The molecule has 0 aromatic rings. The Labute approximate surface area is 98.5 Å². The van der Waals surface area contributed by atoms with E-state index < -0.39 is 6.16 Å². The third kappa shape index (κ3) is 5.99. The maximum Gasteiger partial charge on any atom is 0.508 e. The number of carbonyl (C=O) groups is 1. The zero-order valence-corrected chi connectivity index (χ0v) is 10.4. The molecule has 0 spiro atoms. The summed E-state index contributed by atoms with van der Waals surface area (Å²) in [5.74, 6) is 0. The molecule has 1 aliphatic carbocycles. The van der Waals surface area contributed by atoms with E-state index in [4.69, 9.17) is 9.47 Å². The summed E-state index contributed by atoms with van der Waals surface area (Å²) >= 11 is 0. The minimum Gasteiger partial charge on any atom is -0.434 e. The monoisotopic (exact) mass is 228 g/mol. The van der Waals surface area contributed by atoms with Gasteiger partial charge < -0.3 is 9.47 Å². The first-order chi connectivity index (χ1) is 7.83. The summed E-state index contributed by atoms with van der Waals surface area (Å²) in [5.41, 5.74) is 0. The summed E-state index contributed by atoms with van der Waals surface area (Å²) in [7, 11) is 0. The second-order valence-corrected chi connectivity index (χ2v) is 4.54. The Morgan fingerprint density at radius 1 is 1.12 bits per heavy atom. The van der Waals surface area contributed by atoms with Gasteiger partial charge in [0.05, 0.1) is 6.61 Å². The minimum absolute atomic E-state index is 0.0921. The van der Waals surface area contributed by atoms with Crippen LogP contribution in [0.5, 0.6) is 0 Å². The average Bonchev–Trinajstić information content (AvgIpc) is 2.22. The standard InChI is InChI=1S/C13H24O3/c1-2-3-11-15-13(14)16-12-9-7-5-4-6-8-10-12/h12H,2-11H2,1H3. The van der Waals surface area contributed by atoms with Crippen molar-refractivity contribution in [3.63, 3.8) is 0 Å². The van der Waals surface area contributed by atoms with E-state index in [0.29, 0.717) is 6.61 Å². The molecule has 0 aliphatic heterocycles. The number of ether oxygens (including phenoxy) is 2. The third-order valence-electron chi connectivity index (χ3n) is 3.03. The molecule has 1 fully saturated rings. The fraction of sp³-hybridized carbons (Fsp3) is 0.923. The van der Waals surface area contributed by atoms with Crippen molar-refractivity contribution < 1.29 is 14.3 Å². The Hall–Kier alpha value is -0.730. The van der Waals surface area contributed by atoms with E-state index in [-0.39, 0.29) is 6.10 Å². The topological polar surface area (TPSA) is 35.5 Å². The van der Waals surface area contributed by atoms with E-state index in [9.17, 15) is 4.79 Å². The summed E-state index contributed by atoms with van der Waals surface area (Å²) in [4.78, 5) is 11.3. The van der Waals surface area contributed by atoms with Crippen molar-refractivity contribution in [2.45, 2.75) is 70.8 Å². The quantitative estimate of drug-likeness (QED) is 0.538. The molecule has 94 valence electrons. The van der Waals surface area contributed by atoms with Crippen molar-refractivity contribution in [1.82, 2.24) is 0 Å². The van der Waals surface area contributed by atoms with Crippen LogP contribution in [0.3, 0.4) is 0 Å². The van der Waals surface area contributed by atoms with E-state index in [0.717, 1.165) is 25.7 Å². The molecule has 0 amide bonds. The molecule has 0 N–H and O–H groups in total. The van der Waals surface area contributed by atoms with E-state index in [1.165, 1.54) is 32.1 Å². The van der Waals surface area contributed by atoms with Gasteiger partial charge in [-0.15, -0.1) is 0 Å². The normalized spacial score (nSPS) is 18.6. The number of unbranched alkanes of at least 4 members (excludes halogenated alkanes) is 1. The van der Waals surface area contributed by atoms with Crippen LogP contribution >= 0.6 is 0 Å². The zero-order valence-electron chi connectivity index (χ0n) is 10.4. The zero-order chi connectivity index (χ0) is 11.6. The highest BCUT2D eigenvalue weighted by Gasteiger charge is 2.16. The van der Waals surface area contributed by atoms with Crippen LogP contribution in [0.2, 0.25) is 0 Å². The van der Waals surface area contributed by atoms with Gasteiger partial charge in [0.1, 0.15) is 6.10 Å². The van der Waals surface area contributed by atoms with Crippen molar-refractivity contribution in [3.05, 3.63) is 0 Å². The van der Waals surface area contributed by atoms with Gasteiger partial charge in [0.25, 0.3) is 0 Å². The first kappa shape index (κ1) is 13.3. The lowest BCUT2D eigenvalue weighted by Gasteiger charge is -2.19. The van der Waals surface area contributed by atoms with E-state index in [2.05, 4.69) is 6.92 Å². The Kier molecular flexibility index (Phi) is 7.02. The largest absolute Gasteiger partial charge is 0.508 e. The third-order valence-corrected chi connectivity index (χ3v) is 3.03. The summed E-state index contributed by atoms with van der Waals surface area (Å²) in [6.07, 6.45) is 9.79. The van der Waals surface area contributed by atoms with E-state index in [1.54, 1.807) is 0 Å². The van der Waals surface area contributed by atoms with Gasteiger partial charge in [-0.3, -0.25) is 0 Å². The lowest BCUT2D eigenvalue weighted by molar-refractivity contribution is 0.0144. The van der Waals surface area contributed by atoms with Crippen molar-refractivity contribution in [1.29, 1.82) is 0 Å². The van der Waals surface area contributed by atoms with Gasteiger partial charge in [-0.05, 0) is 32.1 Å². The first-order valence-corrected chi connectivity index (χ1v) is 6.66.